The molecular weight excluding hydrogens is 235 g/mol. The Hall–Kier alpha value is -1.29. The van der Waals surface area contributed by atoms with E-state index >= 15 is 0 Å². The van der Waals surface area contributed by atoms with Gasteiger partial charge >= 0.3 is 5.97 Å². The SMILES string of the molecule is O=C(O)CCCCOc1cccc(Cl)c1F. The van der Waals surface area contributed by atoms with Gasteiger partial charge < -0.3 is 9.84 Å². The predicted octanol–water partition coefficient (Wildman–Crippen LogP) is 3.11. The summed E-state index contributed by atoms with van der Waals surface area (Å²) < 4.78 is 18.4. The highest BCUT2D eigenvalue weighted by Crippen LogP contribution is 2.24. The smallest absolute Gasteiger partial charge is 0.303 e. The number of ether oxygens (including phenoxy) is 1. The zero-order valence-corrected chi connectivity index (χ0v) is 9.34. The van der Waals surface area contributed by atoms with Gasteiger partial charge in [0.05, 0.1) is 11.6 Å². The van der Waals surface area contributed by atoms with Crippen LogP contribution >= 0.6 is 11.6 Å². The number of carbonyl (C=O) groups is 1. The molecule has 16 heavy (non-hydrogen) atoms. The largest absolute Gasteiger partial charge is 0.490 e. The van der Waals surface area contributed by atoms with Crippen LogP contribution in [0.3, 0.4) is 0 Å². The average molecular weight is 247 g/mol. The molecular formula is C11H12ClFO3. The second kappa shape index (κ2) is 6.33. The number of rotatable bonds is 6. The van der Waals surface area contributed by atoms with Crippen molar-refractivity contribution in [2.24, 2.45) is 0 Å². The van der Waals surface area contributed by atoms with Gasteiger partial charge in [0.1, 0.15) is 0 Å². The van der Waals surface area contributed by atoms with Crippen LogP contribution in [0.5, 0.6) is 5.75 Å². The number of hydrogen-bond donors (Lipinski definition) is 1. The van der Waals surface area contributed by atoms with Gasteiger partial charge in [-0.15, -0.1) is 0 Å². The fourth-order valence-electron chi connectivity index (χ4n) is 1.16. The first kappa shape index (κ1) is 12.8. The van der Waals surface area contributed by atoms with Crippen LogP contribution in [0.1, 0.15) is 19.3 Å². The van der Waals surface area contributed by atoms with Crippen molar-refractivity contribution in [3.63, 3.8) is 0 Å². The first-order valence-electron chi connectivity index (χ1n) is 4.90. The number of aliphatic carboxylic acids is 1. The molecule has 0 bridgehead atoms. The summed E-state index contributed by atoms with van der Waals surface area (Å²) in [5.74, 6) is -1.32. The van der Waals surface area contributed by atoms with Gasteiger partial charge in [0, 0.05) is 6.42 Å². The predicted molar refractivity (Wildman–Crippen MR) is 58.4 cm³/mol. The van der Waals surface area contributed by atoms with E-state index in [1.54, 1.807) is 6.07 Å². The van der Waals surface area contributed by atoms with Gasteiger partial charge in [-0.3, -0.25) is 4.79 Å². The molecule has 0 fully saturated rings. The quantitative estimate of drug-likeness (QED) is 0.785. The number of benzene rings is 1. The minimum Gasteiger partial charge on any atom is -0.490 e. The molecule has 5 heteroatoms. The number of hydrogen-bond acceptors (Lipinski definition) is 2. The summed E-state index contributed by atoms with van der Waals surface area (Å²) in [6, 6.07) is 4.52. The van der Waals surface area contributed by atoms with Crippen molar-refractivity contribution in [3.05, 3.63) is 29.0 Å². The summed E-state index contributed by atoms with van der Waals surface area (Å²) in [4.78, 5) is 10.2. The Balaban J connectivity index is 2.32. The lowest BCUT2D eigenvalue weighted by molar-refractivity contribution is -0.137. The van der Waals surface area contributed by atoms with E-state index in [2.05, 4.69) is 0 Å². The fourth-order valence-corrected chi connectivity index (χ4v) is 1.32. The van der Waals surface area contributed by atoms with Gasteiger partial charge in [0.15, 0.2) is 11.6 Å². The lowest BCUT2D eigenvalue weighted by atomic mass is 10.2. The Bertz CT molecular complexity index is 368. The molecule has 0 spiro atoms. The molecule has 0 saturated heterocycles. The highest BCUT2D eigenvalue weighted by molar-refractivity contribution is 6.30. The summed E-state index contributed by atoms with van der Waals surface area (Å²) in [7, 11) is 0. The molecule has 1 aromatic rings. The van der Waals surface area contributed by atoms with E-state index in [0.29, 0.717) is 12.8 Å². The molecule has 0 saturated carbocycles. The normalized spacial score (nSPS) is 10.1. The van der Waals surface area contributed by atoms with Crippen molar-refractivity contribution < 1.29 is 19.0 Å². The third kappa shape index (κ3) is 4.06. The Morgan fingerprint density at radius 3 is 2.88 bits per heavy atom. The molecule has 0 aliphatic heterocycles. The van der Waals surface area contributed by atoms with Crippen LogP contribution in [0, 0.1) is 5.82 Å². The second-order valence-corrected chi connectivity index (χ2v) is 3.66. The number of halogens is 2. The van der Waals surface area contributed by atoms with Crippen molar-refractivity contribution in [2.75, 3.05) is 6.61 Å². The summed E-state index contributed by atoms with van der Waals surface area (Å²) in [6.45, 7) is 0.282. The van der Waals surface area contributed by atoms with E-state index in [4.69, 9.17) is 21.4 Å². The molecule has 0 unspecified atom stereocenters. The first-order chi connectivity index (χ1) is 7.61. The third-order valence-corrected chi connectivity index (χ3v) is 2.25. The second-order valence-electron chi connectivity index (χ2n) is 3.25. The average Bonchev–Trinajstić information content (AvgIpc) is 2.23. The minimum atomic E-state index is -0.839. The van der Waals surface area contributed by atoms with Crippen LogP contribution in [-0.2, 0) is 4.79 Å². The fraction of sp³-hybridized carbons (Fsp3) is 0.364. The molecule has 1 aromatic carbocycles. The van der Waals surface area contributed by atoms with Crippen molar-refractivity contribution in [2.45, 2.75) is 19.3 Å². The molecule has 1 rings (SSSR count). The van der Waals surface area contributed by atoms with E-state index in [1.165, 1.54) is 12.1 Å². The highest BCUT2D eigenvalue weighted by atomic mass is 35.5. The molecule has 0 aliphatic carbocycles. The Kier molecular flexibility index (Phi) is 5.05. The van der Waals surface area contributed by atoms with Crippen LogP contribution in [0.15, 0.2) is 18.2 Å². The first-order valence-corrected chi connectivity index (χ1v) is 5.27. The van der Waals surface area contributed by atoms with Gasteiger partial charge in [-0.25, -0.2) is 4.39 Å². The third-order valence-electron chi connectivity index (χ3n) is 1.96. The van der Waals surface area contributed by atoms with Crippen molar-refractivity contribution in [1.82, 2.24) is 0 Å². The molecule has 1 N–H and O–H groups in total. The maximum absolute atomic E-state index is 13.3. The van der Waals surface area contributed by atoms with Gasteiger partial charge in [-0.1, -0.05) is 17.7 Å². The Morgan fingerprint density at radius 2 is 2.19 bits per heavy atom. The Labute approximate surface area is 97.8 Å². The van der Waals surface area contributed by atoms with E-state index in [9.17, 15) is 9.18 Å². The van der Waals surface area contributed by atoms with Crippen LogP contribution in [-0.4, -0.2) is 17.7 Å². The summed E-state index contributed by atoms with van der Waals surface area (Å²) in [5, 5.41) is 8.41. The van der Waals surface area contributed by atoms with Crippen molar-refractivity contribution >= 4 is 17.6 Å². The molecule has 88 valence electrons. The number of carboxylic acid groups (broad SMARTS) is 1. The van der Waals surface area contributed by atoms with Crippen molar-refractivity contribution in [1.29, 1.82) is 0 Å². The molecule has 0 heterocycles. The maximum Gasteiger partial charge on any atom is 0.303 e. The van der Waals surface area contributed by atoms with Crippen molar-refractivity contribution in [3.8, 4) is 5.75 Å². The molecule has 0 radical (unpaired) electrons. The monoisotopic (exact) mass is 246 g/mol. The lowest BCUT2D eigenvalue weighted by Gasteiger charge is -2.07. The van der Waals surface area contributed by atoms with Gasteiger partial charge in [0.25, 0.3) is 0 Å². The topological polar surface area (TPSA) is 46.5 Å². The highest BCUT2D eigenvalue weighted by Gasteiger charge is 2.06. The summed E-state index contributed by atoms with van der Waals surface area (Å²) in [6.07, 6.45) is 1.18. The van der Waals surface area contributed by atoms with E-state index in [-0.39, 0.29) is 23.8 Å². The van der Waals surface area contributed by atoms with Crippen LogP contribution in [0.4, 0.5) is 4.39 Å². The zero-order valence-electron chi connectivity index (χ0n) is 8.58. The van der Waals surface area contributed by atoms with E-state index in [1.807, 2.05) is 0 Å². The number of carboxylic acids is 1. The van der Waals surface area contributed by atoms with E-state index < -0.39 is 11.8 Å². The van der Waals surface area contributed by atoms with E-state index in [0.717, 1.165) is 0 Å². The van der Waals surface area contributed by atoms with Crippen LogP contribution < -0.4 is 4.74 Å². The molecule has 0 aromatic heterocycles. The standard InChI is InChI=1S/C11H12ClFO3/c12-8-4-3-5-9(11(8)13)16-7-2-1-6-10(14)15/h3-5H,1-2,6-7H2,(H,14,15). The molecule has 3 nitrogen and oxygen atoms in total. The lowest BCUT2D eigenvalue weighted by Crippen LogP contribution is -2.01. The maximum atomic E-state index is 13.3. The van der Waals surface area contributed by atoms with Gasteiger partial charge in [0.2, 0.25) is 0 Å². The summed E-state index contributed by atoms with van der Waals surface area (Å²) in [5.41, 5.74) is 0. The zero-order chi connectivity index (χ0) is 12.0. The minimum absolute atomic E-state index is 0.0167. The molecule has 0 amide bonds. The number of unbranched alkanes of at least 4 members (excludes halogenated alkanes) is 1. The van der Waals surface area contributed by atoms with Crippen LogP contribution in [0.2, 0.25) is 5.02 Å². The molecule has 0 aliphatic rings. The van der Waals surface area contributed by atoms with Crippen LogP contribution in [0.25, 0.3) is 0 Å². The Morgan fingerprint density at radius 1 is 1.44 bits per heavy atom. The molecule has 0 atom stereocenters. The van der Waals surface area contributed by atoms with Gasteiger partial charge in [-0.2, -0.15) is 0 Å². The van der Waals surface area contributed by atoms with Gasteiger partial charge in [-0.05, 0) is 25.0 Å². The summed E-state index contributed by atoms with van der Waals surface area (Å²) >= 11 is 5.56.